The van der Waals surface area contributed by atoms with E-state index < -0.39 is 16.0 Å². The number of aliphatic carboxylic acids is 1. The van der Waals surface area contributed by atoms with Crippen molar-refractivity contribution in [3.05, 3.63) is 15.8 Å². The third kappa shape index (κ3) is 4.05. The van der Waals surface area contributed by atoms with E-state index in [2.05, 4.69) is 4.72 Å². The van der Waals surface area contributed by atoms with E-state index in [0.29, 0.717) is 24.3 Å². The van der Waals surface area contributed by atoms with Crippen LogP contribution in [0.2, 0.25) is 0 Å². The Balaban J connectivity index is 1.91. The van der Waals surface area contributed by atoms with Crippen LogP contribution in [0.25, 0.3) is 0 Å². The van der Waals surface area contributed by atoms with Crippen molar-refractivity contribution < 1.29 is 18.3 Å². The molecule has 2 N–H and O–H groups in total. The third-order valence-corrected chi connectivity index (χ3v) is 6.69. The van der Waals surface area contributed by atoms with Gasteiger partial charge >= 0.3 is 5.97 Å². The molecule has 7 heteroatoms. The van der Waals surface area contributed by atoms with Gasteiger partial charge in [0, 0.05) is 16.3 Å². The summed E-state index contributed by atoms with van der Waals surface area (Å²) in [5.74, 6) is -0.770. The molecule has 21 heavy (non-hydrogen) atoms. The summed E-state index contributed by atoms with van der Waals surface area (Å²) in [6.45, 7) is 4.09. The predicted molar refractivity (Wildman–Crippen MR) is 82.1 cm³/mol. The Morgan fingerprint density at radius 2 is 1.95 bits per heavy atom. The summed E-state index contributed by atoms with van der Waals surface area (Å²) >= 11 is 1.48. The van der Waals surface area contributed by atoms with Crippen LogP contribution in [0.5, 0.6) is 0 Å². The second-order valence-corrected chi connectivity index (χ2v) is 8.88. The van der Waals surface area contributed by atoms with Crippen molar-refractivity contribution >= 4 is 27.3 Å². The van der Waals surface area contributed by atoms with E-state index in [4.69, 9.17) is 5.11 Å². The molecule has 1 aliphatic rings. The highest BCUT2D eigenvalue weighted by Gasteiger charge is 2.27. The van der Waals surface area contributed by atoms with E-state index in [9.17, 15) is 13.2 Å². The molecule has 118 valence electrons. The maximum absolute atomic E-state index is 12.3. The Hall–Kier alpha value is -0.920. The Bertz CT molecular complexity index is 613. The number of carboxylic acids is 1. The fourth-order valence-electron chi connectivity index (χ4n) is 2.79. The van der Waals surface area contributed by atoms with Gasteiger partial charge in [-0.25, -0.2) is 13.1 Å². The number of aryl methyl sites for hydroxylation is 2. The van der Waals surface area contributed by atoms with Crippen LogP contribution in [0.15, 0.2) is 11.0 Å². The molecular weight excluding hydrogens is 310 g/mol. The summed E-state index contributed by atoms with van der Waals surface area (Å²) in [5.41, 5.74) is 0. The lowest BCUT2D eigenvalue weighted by Gasteiger charge is -2.26. The van der Waals surface area contributed by atoms with Gasteiger partial charge in [-0.3, -0.25) is 4.79 Å². The predicted octanol–water partition coefficient (Wildman–Crippen LogP) is 2.53. The van der Waals surface area contributed by atoms with Crippen LogP contribution in [0.3, 0.4) is 0 Å². The molecule has 2 rings (SSSR count). The van der Waals surface area contributed by atoms with Crippen molar-refractivity contribution in [1.82, 2.24) is 4.72 Å². The Kier molecular flexibility index (Phi) is 5.06. The molecule has 0 unspecified atom stereocenters. The second kappa shape index (κ2) is 6.46. The molecule has 0 amide bonds. The molecule has 0 spiro atoms. The monoisotopic (exact) mass is 331 g/mol. The quantitative estimate of drug-likeness (QED) is 0.868. The lowest BCUT2D eigenvalue weighted by Crippen LogP contribution is -2.32. The number of hydrogen-bond donors (Lipinski definition) is 2. The number of hydrogen-bond acceptors (Lipinski definition) is 4. The van der Waals surface area contributed by atoms with Crippen LogP contribution < -0.4 is 4.72 Å². The second-order valence-electron chi connectivity index (χ2n) is 5.69. The zero-order chi connectivity index (χ0) is 15.6. The van der Waals surface area contributed by atoms with Gasteiger partial charge in [0.2, 0.25) is 10.0 Å². The summed E-state index contributed by atoms with van der Waals surface area (Å²) in [6.07, 6.45) is 2.80. The highest BCUT2D eigenvalue weighted by Crippen LogP contribution is 2.29. The highest BCUT2D eigenvalue weighted by atomic mass is 32.2. The first-order valence-electron chi connectivity index (χ1n) is 7.09. The largest absolute Gasteiger partial charge is 0.481 e. The number of sulfonamides is 1. The molecular formula is C14H21NO4S2. The molecule has 0 aliphatic heterocycles. The van der Waals surface area contributed by atoms with Gasteiger partial charge in [-0.15, -0.1) is 11.3 Å². The minimum Gasteiger partial charge on any atom is -0.481 e. The average molecular weight is 331 g/mol. The summed E-state index contributed by atoms with van der Waals surface area (Å²) < 4.78 is 27.2. The molecule has 1 aromatic heterocycles. The molecule has 0 bridgehead atoms. The zero-order valence-electron chi connectivity index (χ0n) is 12.3. The van der Waals surface area contributed by atoms with Crippen molar-refractivity contribution in [2.45, 2.75) is 44.4 Å². The van der Waals surface area contributed by atoms with Crippen LogP contribution in [-0.4, -0.2) is 26.0 Å². The first-order chi connectivity index (χ1) is 9.79. The topological polar surface area (TPSA) is 83.5 Å². The van der Waals surface area contributed by atoms with Crippen LogP contribution >= 0.6 is 11.3 Å². The van der Waals surface area contributed by atoms with Crippen LogP contribution in [0.4, 0.5) is 0 Å². The molecule has 0 saturated heterocycles. The van der Waals surface area contributed by atoms with Gasteiger partial charge in [-0.2, -0.15) is 0 Å². The van der Waals surface area contributed by atoms with E-state index in [1.807, 2.05) is 13.8 Å². The first-order valence-corrected chi connectivity index (χ1v) is 9.39. The van der Waals surface area contributed by atoms with Crippen LogP contribution in [0, 0.1) is 25.7 Å². The summed E-state index contributed by atoms with van der Waals surface area (Å²) in [5, 5.41) is 8.95. The maximum atomic E-state index is 12.3. The van der Waals surface area contributed by atoms with Crippen molar-refractivity contribution in [3.63, 3.8) is 0 Å². The molecule has 5 nitrogen and oxygen atoms in total. The van der Waals surface area contributed by atoms with Crippen LogP contribution in [0.1, 0.15) is 35.4 Å². The number of nitrogens with one attached hydrogen (secondary N) is 1. The highest BCUT2D eigenvalue weighted by molar-refractivity contribution is 7.89. The third-order valence-electron chi connectivity index (χ3n) is 4.04. The number of thiophene rings is 1. The molecule has 0 radical (unpaired) electrons. The Morgan fingerprint density at radius 1 is 1.33 bits per heavy atom. The SMILES string of the molecule is Cc1cc(S(=O)(=O)NCC2CCC(C(=O)O)CC2)c(C)s1. The molecule has 0 aromatic carbocycles. The fraction of sp³-hybridized carbons (Fsp3) is 0.643. The summed E-state index contributed by atoms with van der Waals surface area (Å²) in [6, 6.07) is 1.70. The van der Waals surface area contributed by atoms with Gasteiger partial charge in [0.05, 0.1) is 10.8 Å². The molecule has 1 fully saturated rings. The lowest BCUT2D eigenvalue weighted by atomic mass is 9.82. The van der Waals surface area contributed by atoms with Gasteiger partial charge in [0.25, 0.3) is 0 Å². The van der Waals surface area contributed by atoms with E-state index >= 15 is 0 Å². The van der Waals surface area contributed by atoms with Crippen molar-refractivity contribution in [1.29, 1.82) is 0 Å². The van der Waals surface area contributed by atoms with Crippen molar-refractivity contribution in [2.75, 3.05) is 6.54 Å². The lowest BCUT2D eigenvalue weighted by molar-refractivity contribution is -0.143. The average Bonchev–Trinajstić information content (AvgIpc) is 2.77. The summed E-state index contributed by atoms with van der Waals surface area (Å²) in [4.78, 5) is 13.0. The number of carboxylic acid groups (broad SMARTS) is 1. The summed E-state index contributed by atoms with van der Waals surface area (Å²) in [7, 11) is -3.46. The number of rotatable bonds is 5. The standard InChI is InChI=1S/C14H21NO4S2/c1-9-7-13(10(2)20-9)21(18,19)15-8-11-3-5-12(6-4-11)14(16)17/h7,11-12,15H,3-6,8H2,1-2H3,(H,16,17). The number of carbonyl (C=O) groups is 1. The van der Waals surface area contributed by atoms with Gasteiger partial charge in [-0.05, 0) is 51.5 Å². The van der Waals surface area contributed by atoms with E-state index in [1.165, 1.54) is 11.3 Å². The van der Waals surface area contributed by atoms with E-state index in [-0.39, 0.29) is 11.8 Å². The molecule has 1 saturated carbocycles. The maximum Gasteiger partial charge on any atom is 0.306 e. The molecule has 1 aliphatic carbocycles. The van der Waals surface area contributed by atoms with Gasteiger partial charge in [0.15, 0.2) is 0 Å². The first kappa shape index (κ1) is 16.5. The van der Waals surface area contributed by atoms with E-state index in [0.717, 1.165) is 22.6 Å². The van der Waals surface area contributed by atoms with Crippen molar-refractivity contribution in [2.24, 2.45) is 11.8 Å². The fourth-order valence-corrected chi connectivity index (χ4v) is 5.46. The van der Waals surface area contributed by atoms with Crippen molar-refractivity contribution in [3.8, 4) is 0 Å². The zero-order valence-corrected chi connectivity index (χ0v) is 13.9. The van der Waals surface area contributed by atoms with E-state index in [1.54, 1.807) is 6.07 Å². The Labute approximate surface area is 129 Å². The minimum atomic E-state index is -3.46. The smallest absolute Gasteiger partial charge is 0.306 e. The van der Waals surface area contributed by atoms with Gasteiger partial charge in [0.1, 0.15) is 0 Å². The molecule has 1 heterocycles. The van der Waals surface area contributed by atoms with Crippen LogP contribution in [-0.2, 0) is 14.8 Å². The molecule has 0 atom stereocenters. The van der Waals surface area contributed by atoms with Gasteiger partial charge < -0.3 is 5.11 Å². The molecule has 1 aromatic rings. The Morgan fingerprint density at radius 3 is 2.43 bits per heavy atom. The minimum absolute atomic E-state index is 0.232. The normalized spacial score (nSPS) is 23.1. The van der Waals surface area contributed by atoms with Gasteiger partial charge in [-0.1, -0.05) is 0 Å².